The number of nitrogens with zero attached hydrogens (tertiary/aromatic N) is 1. The molecule has 1 heteroatoms. The minimum atomic E-state index is 0.880. The summed E-state index contributed by atoms with van der Waals surface area (Å²) in [5.41, 5.74) is 0. The molecule has 0 radical (unpaired) electrons. The van der Waals surface area contributed by atoms with E-state index in [9.17, 15) is 0 Å². The van der Waals surface area contributed by atoms with Gasteiger partial charge < -0.3 is 4.48 Å². The van der Waals surface area contributed by atoms with Crippen LogP contribution in [0.5, 0.6) is 0 Å². The first kappa shape index (κ1) is 12.4. The van der Waals surface area contributed by atoms with E-state index in [-0.39, 0.29) is 0 Å². The average molecular weight is 224 g/mol. The van der Waals surface area contributed by atoms with E-state index in [0.717, 1.165) is 29.7 Å². The van der Waals surface area contributed by atoms with Gasteiger partial charge in [-0.15, -0.1) is 0 Å². The summed E-state index contributed by atoms with van der Waals surface area (Å²) >= 11 is 0. The molecule has 0 bridgehead atoms. The predicted octanol–water partition coefficient (Wildman–Crippen LogP) is 3.54. The van der Waals surface area contributed by atoms with Crippen LogP contribution in [0.3, 0.4) is 0 Å². The van der Waals surface area contributed by atoms with E-state index in [0.29, 0.717) is 0 Å². The van der Waals surface area contributed by atoms with Gasteiger partial charge in [0.05, 0.1) is 25.7 Å². The van der Waals surface area contributed by atoms with E-state index in [1.807, 2.05) is 0 Å². The lowest BCUT2D eigenvalue weighted by molar-refractivity contribution is -0.943. The van der Waals surface area contributed by atoms with Crippen LogP contribution in [0, 0.1) is 23.7 Å². The zero-order valence-corrected chi connectivity index (χ0v) is 11.9. The van der Waals surface area contributed by atoms with Crippen LogP contribution in [0.4, 0.5) is 0 Å². The molecule has 94 valence electrons. The van der Waals surface area contributed by atoms with E-state index in [1.54, 1.807) is 0 Å². The highest BCUT2D eigenvalue weighted by Crippen LogP contribution is 2.40. The fourth-order valence-electron chi connectivity index (χ4n) is 4.40. The van der Waals surface area contributed by atoms with Crippen molar-refractivity contribution in [3.05, 3.63) is 0 Å². The number of hydrogen-bond acceptors (Lipinski definition) is 0. The Morgan fingerprint density at radius 1 is 0.750 bits per heavy atom. The van der Waals surface area contributed by atoms with Gasteiger partial charge in [-0.1, -0.05) is 27.7 Å². The molecule has 1 nitrogen and oxygen atoms in total. The highest BCUT2D eigenvalue weighted by atomic mass is 15.4. The quantitative estimate of drug-likeness (QED) is 0.552. The Labute approximate surface area is 102 Å². The lowest BCUT2D eigenvalue weighted by Gasteiger charge is -2.42. The number of hydrogen-bond donors (Lipinski definition) is 0. The summed E-state index contributed by atoms with van der Waals surface area (Å²) in [7, 11) is 0. The van der Waals surface area contributed by atoms with E-state index >= 15 is 0 Å². The van der Waals surface area contributed by atoms with Gasteiger partial charge in [-0.05, 0) is 18.8 Å². The highest BCUT2D eigenvalue weighted by Gasteiger charge is 2.47. The smallest absolute Gasteiger partial charge is 0.0890 e. The molecule has 1 spiro atoms. The number of rotatable bonds is 0. The van der Waals surface area contributed by atoms with Gasteiger partial charge in [-0.25, -0.2) is 0 Å². The zero-order valence-electron chi connectivity index (χ0n) is 11.9. The highest BCUT2D eigenvalue weighted by molar-refractivity contribution is 4.82. The van der Waals surface area contributed by atoms with Crippen LogP contribution < -0.4 is 0 Å². The molecule has 0 aromatic carbocycles. The molecular formula is C15H30N+. The lowest BCUT2D eigenvalue weighted by atomic mass is 9.78. The van der Waals surface area contributed by atoms with Gasteiger partial charge in [0.25, 0.3) is 0 Å². The van der Waals surface area contributed by atoms with Crippen LogP contribution in [0.1, 0.15) is 47.5 Å². The summed E-state index contributed by atoms with van der Waals surface area (Å²) in [6.07, 6.45) is 2.93. The third-order valence-corrected chi connectivity index (χ3v) is 6.29. The van der Waals surface area contributed by atoms with Crippen molar-refractivity contribution in [1.29, 1.82) is 0 Å². The van der Waals surface area contributed by atoms with Crippen molar-refractivity contribution in [1.82, 2.24) is 0 Å². The van der Waals surface area contributed by atoms with Crippen molar-refractivity contribution in [2.45, 2.75) is 53.5 Å². The van der Waals surface area contributed by atoms with Gasteiger partial charge in [-0.3, -0.25) is 0 Å². The van der Waals surface area contributed by atoms with Gasteiger partial charge in [-0.2, -0.15) is 0 Å². The molecule has 0 amide bonds. The maximum absolute atomic E-state index is 2.53. The molecule has 2 saturated heterocycles. The van der Waals surface area contributed by atoms with Crippen molar-refractivity contribution < 1.29 is 4.48 Å². The van der Waals surface area contributed by atoms with Gasteiger partial charge in [0.2, 0.25) is 0 Å². The normalized spacial score (nSPS) is 48.2. The fraction of sp³-hybridized carbons (Fsp3) is 1.00. The van der Waals surface area contributed by atoms with Crippen molar-refractivity contribution in [3.63, 3.8) is 0 Å². The molecule has 2 fully saturated rings. The average Bonchev–Trinajstić information content (AvgIpc) is 2.72. The second-order valence-electron chi connectivity index (χ2n) is 6.85. The minimum Gasteiger partial charge on any atom is -0.321 e. The molecule has 0 N–H and O–H groups in total. The second kappa shape index (κ2) is 4.33. The summed E-state index contributed by atoms with van der Waals surface area (Å²) < 4.78 is 1.44. The standard InChI is InChI=1S/C15H30N/c1-11-10-16(8-6-7-9-16)15(5)14(4)13(3)12(11)2/h11-15H,6-10H2,1-5H3/q+1. The monoisotopic (exact) mass is 224 g/mol. The maximum atomic E-state index is 2.53. The fourth-order valence-corrected chi connectivity index (χ4v) is 4.40. The maximum Gasteiger partial charge on any atom is 0.0890 e. The third kappa shape index (κ3) is 1.81. The zero-order chi connectivity index (χ0) is 11.9. The lowest BCUT2D eigenvalue weighted by Crippen LogP contribution is -2.55. The van der Waals surface area contributed by atoms with E-state index in [4.69, 9.17) is 0 Å². The summed E-state index contributed by atoms with van der Waals surface area (Å²) in [6.45, 7) is 16.8. The first-order chi connectivity index (χ1) is 7.48. The first-order valence-electron chi connectivity index (χ1n) is 7.34. The molecule has 0 saturated carbocycles. The molecule has 2 aliphatic rings. The van der Waals surface area contributed by atoms with Gasteiger partial charge in [0.1, 0.15) is 0 Å². The van der Waals surface area contributed by atoms with Crippen molar-refractivity contribution >= 4 is 0 Å². The molecular weight excluding hydrogens is 194 g/mol. The summed E-state index contributed by atoms with van der Waals surface area (Å²) in [4.78, 5) is 0. The Bertz CT molecular complexity index is 242. The van der Waals surface area contributed by atoms with Crippen LogP contribution in [0.15, 0.2) is 0 Å². The molecule has 2 aliphatic heterocycles. The first-order valence-corrected chi connectivity index (χ1v) is 7.34. The Morgan fingerprint density at radius 2 is 1.31 bits per heavy atom. The summed E-state index contributed by atoms with van der Waals surface area (Å²) in [5.74, 6) is 3.58. The Morgan fingerprint density at radius 3 is 1.88 bits per heavy atom. The predicted molar refractivity (Wildman–Crippen MR) is 70.2 cm³/mol. The molecule has 5 atom stereocenters. The summed E-state index contributed by atoms with van der Waals surface area (Å²) in [6, 6.07) is 0.880. The van der Waals surface area contributed by atoms with Gasteiger partial charge in [0.15, 0.2) is 0 Å². The summed E-state index contributed by atoms with van der Waals surface area (Å²) in [5, 5.41) is 0. The van der Waals surface area contributed by atoms with E-state index in [1.165, 1.54) is 37.0 Å². The molecule has 2 heterocycles. The minimum absolute atomic E-state index is 0.880. The van der Waals surface area contributed by atoms with Gasteiger partial charge in [0, 0.05) is 24.7 Å². The molecule has 2 rings (SSSR count). The Hall–Kier alpha value is -0.0400. The second-order valence-corrected chi connectivity index (χ2v) is 6.85. The van der Waals surface area contributed by atoms with Gasteiger partial charge >= 0.3 is 0 Å². The Balaban J connectivity index is 2.27. The largest absolute Gasteiger partial charge is 0.321 e. The Kier molecular flexibility index (Phi) is 3.36. The van der Waals surface area contributed by atoms with E-state index in [2.05, 4.69) is 34.6 Å². The molecule has 0 aliphatic carbocycles. The van der Waals surface area contributed by atoms with Crippen molar-refractivity contribution in [2.75, 3.05) is 19.6 Å². The van der Waals surface area contributed by atoms with E-state index < -0.39 is 0 Å². The van der Waals surface area contributed by atoms with Crippen LogP contribution in [-0.2, 0) is 0 Å². The van der Waals surface area contributed by atoms with Crippen molar-refractivity contribution in [3.8, 4) is 0 Å². The van der Waals surface area contributed by atoms with Crippen LogP contribution in [0.25, 0.3) is 0 Å². The van der Waals surface area contributed by atoms with Crippen molar-refractivity contribution in [2.24, 2.45) is 23.7 Å². The molecule has 5 unspecified atom stereocenters. The SMILES string of the molecule is CC1C[N+]2(CCCC2)C(C)C(C)C(C)C1C. The molecule has 16 heavy (non-hydrogen) atoms. The number of quaternary nitrogens is 1. The van der Waals surface area contributed by atoms with Crippen LogP contribution in [-0.4, -0.2) is 30.2 Å². The topological polar surface area (TPSA) is 0 Å². The molecule has 0 aromatic heterocycles. The van der Waals surface area contributed by atoms with Crippen LogP contribution >= 0.6 is 0 Å². The molecule has 0 aromatic rings. The van der Waals surface area contributed by atoms with Crippen LogP contribution in [0.2, 0.25) is 0 Å². The third-order valence-electron chi connectivity index (χ3n) is 6.29.